The summed E-state index contributed by atoms with van der Waals surface area (Å²) in [4.78, 5) is 2.30. The van der Waals surface area contributed by atoms with Gasteiger partial charge in [0.05, 0.1) is 6.10 Å². The Morgan fingerprint density at radius 3 is 2.06 bits per heavy atom. The van der Waals surface area contributed by atoms with E-state index >= 15 is 0 Å². The van der Waals surface area contributed by atoms with Gasteiger partial charge in [-0.1, -0.05) is 33.6 Å². The summed E-state index contributed by atoms with van der Waals surface area (Å²) in [5, 5.41) is 10.8. The second kappa shape index (κ2) is 6.91. The van der Waals surface area contributed by atoms with E-state index in [1.54, 1.807) is 0 Å². The smallest absolute Gasteiger partial charge is 0.0726 e. The van der Waals surface area contributed by atoms with Crippen molar-refractivity contribution in [3.05, 3.63) is 0 Å². The molecule has 0 aromatic rings. The minimum Gasteiger partial charge on any atom is -0.391 e. The van der Waals surface area contributed by atoms with Gasteiger partial charge in [-0.15, -0.1) is 0 Å². The van der Waals surface area contributed by atoms with Gasteiger partial charge in [0.25, 0.3) is 0 Å². The lowest BCUT2D eigenvalue weighted by Crippen LogP contribution is -2.55. The third-order valence-corrected chi connectivity index (χ3v) is 5.36. The fourth-order valence-corrected chi connectivity index (χ4v) is 3.50. The predicted molar refractivity (Wildman–Crippen MR) is 78.7 cm³/mol. The molecule has 1 aliphatic carbocycles. The molecule has 1 unspecified atom stereocenters. The summed E-state index contributed by atoms with van der Waals surface area (Å²) in [5.41, 5.74) is 0.0368. The van der Waals surface area contributed by atoms with Crippen LogP contribution in [0.15, 0.2) is 0 Å². The van der Waals surface area contributed by atoms with Crippen LogP contribution in [-0.2, 0) is 0 Å². The van der Waals surface area contributed by atoms with Crippen LogP contribution in [0, 0.1) is 11.8 Å². The Kier molecular flexibility index (Phi) is 6.13. The number of nitrogens with zero attached hydrogens (tertiary/aromatic N) is 1. The van der Waals surface area contributed by atoms with Crippen molar-refractivity contribution < 1.29 is 5.11 Å². The second-order valence-electron chi connectivity index (χ2n) is 6.61. The molecular weight excluding hydrogens is 222 g/mol. The van der Waals surface area contributed by atoms with E-state index in [4.69, 9.17) is 0 Å². The molecular formula is C16H33NO. The van der Waals surface area contributed by atoms with Gasteiger partial charge in [-0.2, -0.15) is 0 Å². The van der Waals surface area contributed by atoms with Crippen molar-refractivity contribution in [2.75, 3.05) is 14.1 Å². The third kappa shape index (κ3) is 3.48. The molecule has 0 aromatic heterocycles. The normalized spacial score (nSPS) is 31.0. The van der Waals surface area contributed by atoms with Crippen molar-refractivity contribution in [3.8, 4) is 0 Å². The summed E-state index contributed by atoms with van der Waals surface area (Å²) < 4.78 is 0. The molecule has 0 bridgehead atoms. The number of hydrogen-bond acceptors (Lipinski definition) is 2. The fraction of sp³-hybridized carbons (Fsp3) is 1.00. The lowest BCUT2D eigenvalue weighted by atomic mass is 9.71. The van der Waals surface area contributed by atoms with Crippen molar-refractivity contribution in [1.82, 2.24) is 4.90 Å². The van der Waals surface area contributed by atoms with Crippen molar-refractivity contribution >= 4 is 0 Å². The summed E-state index contributed by atoms with van der Waals surface area (Å²) >= 11 is 0. The van der Waals surface area contributed by atoms with Gasteiger partial charge in [0.1, 0.15) is 0 Å². The zero-order chi connectivity index (χ0) is 13.8. The van der Waals surface area contributed by atoms with Crippen LogP contribution in [0.4, 0.5) is 0 Å². The lowest BCUT2D eigenvalue weighted by molar-refractivity contribution is -0.0499. The molecule has 2 heteroatoms. The van der Waals surface area contributed by atoms with Gasteiger partial charge in [-0.05, 0) is 58.0 Å². The van der Waals surface area contributed by atoms with Crippen LogP contribution in [0.25, 0.3) is 0 Å². The fourth-order valence-electron chi connectivity index (χ4n) is 3.50. The highest BCUT2D eigenvalue weighted by Gasteiger charge is 2.42. The zero-order valence-electron chi connectivity index (χ0n) is 13.1. The molecule has 1 aliphatic rings. The maximum atomic E-state index is 10.8. The molecule has 0 aliphatic heterocycles. The number of rotatable bonds is 6. The van der Waals surface area contributed by atoms with Crippen molar-refractivity contribution in [1.29, 1.82) is 0 Å². The van der Waals surface area contributed by atoms with Crippen molar-refractivity contribution in [2.24, 2.45) is 11.8 Å². The average molecular weight is 255 g/mol. The van der Waals surface area contributed by atoms with E-state index in [0.29, 0.717) is 5.92 Å². The Bertz CT molecular complexity index is 227. The molecule has 108 valence electrons. The predicted octanol–water partition coefficient (Wildman–Crippen LogP) is 3.68. The maximum absolute atomic E-state index is 10.8. The molecule has 0 heterocycles. The standard InChI is InChI=1S/C16H33NO/c1-6-14(7-2)12-15(18)16(17(4)5)10-8-13(3)9-11-16/h13-15,18H,6-12H2,1-5H3. The van der Waals surface area contributed by atoms with Crippen LogP contribution in [0.5, 0.6) is 0 Å². The van der Waals surface area contributed by atoms with Crippen molar-refractivity contribution in [2.45, 2.75) is 77.4 Å². The highest BCUT2D eigenvalue weighted by atomic mass is 16.3. The molecule has 1 atom stereocenters. The van der Waals surface area contributed by atoms with Crippen LogP contribution >= 0.6 is 0 Å². The number of likely N-dealkylation sites (N-methyl/N-ethyl adjacent to an activating group) is 1. The number of aliphatic hydroxyl groups excluding tert-OH is 1. The van der Waals surface area contributed by atoms with Crippen LogP contribution in [0.1, 0.15) is 65.7 Å². The van der Waals surface area contributed by atoms with E-state index in [2.05, 4.69) is 39.8 Å². The molecule has 2 nitrogen and oxygen atoms in total. The molecule has 1 N–H and O–H groups in total. The summed E-state index contributed by atoms with van der Waals surface area (Å²) in [6.07, 6.45) is 8.02. The monoisotopic (exact) mass is 255 g/mol. The second-order valence-corrected chi connectivity index (χ2v) is 6.61. The molecule has 1 rings (SSSR count). The Morgan fingerprint density at radius 2 is 1.67 bits per heavy atom. The van der Waals surface area contributed by atoms with Gasteiger partial charge in [-0.25, -0.2) is 0 Å². The third-order valence-electron chi connectivity index (χ3n) is 5.36. The van der Waals surface area contributed by atoms with E-state index in [1.807, 2.05) is 0 Å². The Labute approximate surface area is 114 Å². The molecule has 0 spiro atoms. The van der Waals surface area contributed by atoms with Crippen LogP contribution < -0.4 is 0 Å². The van der Waals surface area contributed by atoms with Gasteiger partial charge in [-0.3, -0.25) is 0 Å². The SMILES string of the molecule is CCC(CC)CC(O)C1(N(C)C)CCC(C)CC1. The van der Waals surface area contributed by atoms with Gasteiger partial charge < -0.3 is 10.0 Å². The number of hydrogen-bond donors (Lipinski definition) is 1. The van der Waals surface area contributed by atoms with Crippen molar-refractivity contribution in [3.63, 3.8) is 0 Å². The van der Waals surface area contributed by atoms with Crippen LogP contribution in [-0.4, -0.2) is 35.7 Å². The van der Waals surface area contributed by atoms with Crippen LogP contribution in [0.2, 0.25) is 0 Å². The minimum atomic E-state index is -0.162. The number of aliphatic hydroxyl groups is 1. The average Bonchev–Trinajstić information content (AvgIpc) is 2.36. The van der Waals surface area contributed by atoms with Gasteiger partial charge in [0.2, 0.25) is 0 Å². The quantitative estimate of drug-likeness (QED) is 0.782. The molecule has 0 saturated heterocycles. The van der Waals surface area contributed by atoms with E-state index < -0.39 is 0 Å². The van der Waals surface area contributed by atoms with Gasteiger partial charge in [0, 0.05) is 5.54 Å². The first kappa shape index (κ1) is 16.0. The maximum Gasteiger partial charge on any atom is 0.0726 e. The highest BCUT2D eigenvalue weighted by molar-refractivity contribution is 4.98. The van der Waals surface area contributed by atoms with E-state index in [0.717, 1.165) is 25.2 Å². The summed E-state index contributed by atoms with van der Waals surface area (Å²) in [7, 11) is 4.29. The summed E-state index contributed by atoms with van der Waals surface area (Å²) in [6, 6.07) is 0. The van der Waals surface area contributed by atoms with Gasteiger partial charge in [0.15, 0.2) is 0 Å². The topological polar surface area (TPSA) is 23.5 Å². The first-order chi connectivity index (χ1) is 8.46. The summed E-state index contributed by atoms with van der Waals surface area (Å²) in [6.45, 7) is 6.82. The molecule has 0 aromatic carbocycles. The largest absolute Gasteiger partial charge is 0.391 e. The minimum absolute atomic E-state index is 0.0368. The first-order valence-corrected chi connectivity index (χ1v) is 7.81. The summed E-state index contributed by atoms with van der Waals surface area (Å²) in [5.74, 6) is 1.51. The van der Waals surface area contributed by atoms with Gasteiger partial charge >= 0.3 is 0 Å². The highest BCUT2D eigenvalue weighted by Crippen LogP contribution is 2.39. The van der Waals surface area contributed by atoms with E-state index in [1.165, 1.54) is 25.7 Å². The Balaban J connectivity index is 2.72. The molecule has 18 heavy (non-hydrogen) atoms. The molecule has 1 saturated carbocycles. The molecule has 0 amide bonds. The van der Waals surface area contributed by atoms with E-state index in [9.17, 15) is 5.11 Å². The van der Waals surface area contributed by atoms with E-state index in [-0.39, 0.29) is 11.6 Å². The zero-order valence-corrected chi connectivity index (χ0v) is 13.1. The lowest BCUT2D eigenvalue weighted by Gasteiger charge is -2.48. The molecule has 0 radical (unpaired) electrons. The van der Waals surface area contributed by atoms with Crippen LogP contribution in [0.3, 0.4) is 0 Å². The molecule has 1 fully saturated rings. The Hall–Kier alpha value is -0.0800. The Morgan fingerprint density at radius 1 is 1.17 bits per heavy atom. The first-order valence-electron chi connectivity index (χ1n) is 7.81.